The molecule has 0 aliphatic carbocycles. The van der Waals surface area contributed by atoms with Gasteiger partial charge in [0.05, 0.1) is 30.7 Å². The standard InChI is InChI=1S/C26H31Cl2N5O3/c27-20-3-6-23(24(28)14-20)26(17-32-10-7-31-18-32)35-16-22(36-26)15-34-21-4-1-19(2-5-21)13-25(29)33-11-8-30-9-12-33/h1-7,10,14,18,22,25,30H,8-9,11-13,15-17,29H2. The van der Waals surface area contributed by atoms with Gasteiger partial charge >= 0.3 is 0 Å². The molecule has 192 valence electrons. The van der Waals surface area contributed by atoms with E-state index in [2.05, 4.69) is 27.3 Å². The summed E-state index contributed by atoms with van der Waals surface area (Å²) in [6.07, 6.45) is 5.84. The number of nitrogens with one attached hydrogen (secondary N) is 1. The molecule has 5 rings (SSSR count). The number of nitrogens with two attached hydrogens (primary N) is 1. The van der Waals surface area contributed by atoms with Crippen LogP contribution in [0.5, 0.6) is 5.75 Å². The lowest BCUT2D eigenvalue weighted by Crippen LogP contribution is -2.52. The van der Waals surface area contributed by atoms with Crippen LogP contribution in [0, 0.1) is 0 Å². The second-order valence-corrected chi connectivity index (χ2v) is 10.0. The van der Waals surface area contributed by atoms with E-state index in [9.17, 15) is 0 Å². The summed E-state index contributed by atoms with van der Waals surface area (Å²) in [7, 11) is 0. The zero-order chi connectivity index (χ0) is 25.0. The molecule has 3 unspecified atom stereocenters. The molecule has 0 amide bonds. The van der Waals surface area contributed by atoms with E-state index in [1.807, 2.05) is 29.0 Å². The molecule has 0 bridgehead atoms. The van der Waals surface area contributed by atoms with Crippen molar-refractivity contribution in [3.63, 3.8) is 0 Å². The Morgan fingerprint density at radius 1 is 1.17 bits per heavy atom. The van der Waals surface area contributed by atoms with Crippen molar-refractivity contribution in [2.75, 3.05) is 39.4 Å². The summed E-state index contributed by atoms with van der Waals surface area (Å²) in [5.41, 5.74) is 8.32. The highest BCUT2D eigenvalue weighted by Gasteiger charge is 2.45. The van der Waals surface area contributed by atoms with Crippen LogP contribution in [0.15, 0.2) is 61.2 Å². The van der Waals surface area contributed by atoms with Crippen molar-refractivity contribution in [1.29, 1.82) is 0 Å². The molecule has 10 heteroatoms. The van der Waals surface area contributed by atoms with Gasteiger partial charge in [-0.05, 0) is 29.8 Å². The van der Waals surface area contributed by atoms with E-state index in [1.165, 1.54) is 5.56 Å². The van der Waals surface area contributed by atoms with Crippen molar-refractivity contribution in [2.24, 2.45) is 5.73 Å². The number of benzene rings is 2. The lowest BCUT2D eigenvalue weighted by Gasteiger charge is -2.32. The number of hydrogen-bond donors (Lipinski definition) is 2. The van der Waals surface area contributed by atoms with E-state index in [0.29, 0.717) is 29.8 Å². The van der Waals surface area contributed by atoms with Crippen molar-refractivity contribution in [2.45, 2.75) is 31.0 Å². The molecule has 2 aliphatic heterocycles. The highest BCUT2D eigenvalue weighted by atomic mass is 35.5. The molecule has 2 fully saturated rings. The van der Waals surface area contributed by atoms with Gasteiger partial charge in [0.2, 0.25) is 5.79 Å². The second-order valence-electron chi connectivity index (χ2n) is 9.18. The zero-order valence-electron chi connectivity index (χ0n) is 20.0. The van der Waals surface area contributed by atoms with Crippen LogP contribution in [0.2, 0.25) is 10.0 Å². The van der Waals surface area contributed by atoms with Gasteiger partial charge in [0.25, 0.3) is 0 Å². The number of nitrogens with zero attached hydrogens (tertiary/aromatic N) is 3. The SMILES string of the molecule is NC(Cc1ccc(OCC2COC(Cn3ccnc3)(c3ccc(Cl)cc3Cl)O2)cc1)N1CCNCC1. The largest absolute Gasteiger partial charge is 0.491 e. The lowest BCUT2D eigenvalue weighted by molar-refractivity contribution is -0.189. The minimum atomic E-state index is -1.07. The zero-order valence-corrected chi connectivity index (χ0v) is 21.5. The molecule has 2 saturated heterocycles. The minimum absolute atomic E-state index is 0.0196. The monoisotopic (exact) mass is 531 g/mol. The van der Waals surface area contributed by atoms with Crippen molar-refractivity contribution in [3.8, 4) is 5.75 Å². The summed E-state index contributed by atoms with van der Waals surface area (Å²) >= 11 is 12.7. The third kappa shape index (κ3) is 6.03. The van der Waals surface area contributed by atoms with Gasteiger partial charge in [-0.2, -0.15) is 0 Å². The summed E-state index contributed by atoms with van der Waals surface area (Å²) in [6.45, 7) is 5.04. The minimum Gasteiger partial charge on any atom is -0.491 e. The summed E-state index contributed by atoms with van der Waals surface area (Å²) in [4.78, 5) is 6.45. The summed E-state index contributed by atoms with van der Waals surface area (Å²) < 4.78 is 20.6. The molecule has 2 aromatic carbocycles. The number of hydrogen-bond acceptors (Lipinski definition) is 7. The molecule has 36 heavy (non-hydrogen) atoms. The van der Waals surface area contributed by atoms with Crippen molar-refractivity contribution < 1.29 is 14.2 Å². The maximum Gasteiger partial charge on any atom is 0.215 e. The van der Waals surface area contributed by atoms with Gasteiger partial charge in [0, 0.05) is 55.6 Å². The Balaban J connectivity index is 1.20. The van der Waals surface area contributed by atoms with Gasteiger partial charge in [-0.1, -0.05) is 41.4 Å². The molecular formula is C26H31Cl2N5O3. The number of ether oxygens (including phenoxy) is 3. The summed E-state index contributed by atoms with van der Waals surface area (Å²) in [6, 6.07) is 13.4. The van der Waals surface area contributed by atoms with Crippen LogP contribution >= 0.6 is 23.2 Å². The summed E-state index contributed by atoms with van der Waals surface area (Å²) in [5.74, 6) is -0.296. The topological polar surface area (TPSA) is 86.8 Å². The fourth-order valence-corrected chi connectivity index (χ4v) is 5.22. The molecule has 0 spiro atoms. The average molecular weight is 532 g/mol. The molecule has 8 nitrogen and oxygen atoms in total. The first-order valence-electron chi connectivity index (χ1n) is 12.2. The first-order chi connectivity index (χ1) is 17.5. The molecule has 3 heterocycles. The number of aromatic nitrogens is 2. The van der Waals surface area contributed by atoms with Crippen LogP contribution in [0.1, 0.15) is 11.1 Å². The second kappa shape index (κ2) is 11.5. The number of rotatable bonds is 9. The number of halogens is 2. The Kier molecular flexibility index (Phi) is 8.12. The normalized spacial score (nSPS) is 23.6. The van der Waals surface area contributed by atoms with E-state index >= 15 is 0 Å². The van der Waals surface area contributed by atoms with Gasteiger partial charge in [0.15, 0.2) is 0 Å². The van der Waals surface area contributed by atoms with Crippen molar-refractivity contribution in [3.05, 3.63) is 82.4 Å². The first kappa shape index (κ1) is 25.5. The van der Waals surface area contributed by atoms with Gasteiger partial charge in [0.1, 0.15) is 18.5 Å². The van der Waals surface area contributed by atoms with Crippen LogP contribution in [0.3, 0.4) is 0 Å². The lowest BCUT2D eigenvalue weighted by atomic mass is 10.1. The molecule has 0 saturated carbocycles. The highest BCUT2D eigenvalue weighted by Crippen LogP contribution is 2.40. The molecule has 2 aliphatic rings. The predicted octanol–water partition coefficient (Wildman–Crippen LogP) is 3.27. The molecule has 3 aromatic rings. The van der Waals surface area contributed by atoms with E-state index < -0.39 is 5.79 Å². The van der Waals surface area contributed by atoms with Gasteiger partial charge in [-0.25, -0.2) is 4.98 Å². The maximum atomic E-state index is 6.54. The maximum absolute atomic E-state index is 6.54. The van der Waals surface area contributed by atoms with Crippen LogP contribution in [0.25, 0.3) is 0 Å². The Labute approximate surface area is 221 Å². The Bertz CT molecular complexity index is 1130. The van der Waals surface area contributed by atoms with Gasteiger partial charge < -0.3 is 29.8 Å². The smallest absolute Gasteiger partial charge is 0.215 e. The van der Waals surface area contributed by atoms with E-state index in [1.54, 1.807) is 24.7 Å². The van der Waals surface area contributed by atoms with E-state index in [-0.39, 0.29) is 12.3 Å². The van der Waals surface area contributed by atoms with Gasteiger partial charge in [-0.3, -0.25) is 4.90 Å². The highest BCUT2D eigenvalue weighted by molar-refractivity contribution is 6.35. The predicted molar refractivity (Wildman–Crippen MR) is 139 cm³/mol. The Hall–Kier alpha value is -2.17. The van der Waals surface area contributed by atoms with Crippen LogP contribution in [0.4, 0.5) is 0 Å². The fraction of sp³-hybridized carbons (Fsp3) is 0.423. The molecule has 1 aromatic heterocycles. The summed E-state index contributed by atoms with van der Waals surface area (Å²) in [5, 5.41) is 4.40. The third-order valence-corrected chi connectivity index (χ3v) is 7.12. The van der Waals surface area contributed by atoms with Crippen LogP contribution in [-0.2, 0) is 28.2 Å². The Morgan fingerprint density at radius 2 is 1.97 bits per heavy atom. The third-order valence-electron chi connectivity index (χ3n) is 6.58. The average Bonchev–Trinajstić information content (AvgIpc) is 3.55. The van der Waals surface area contributed by atoms with Crippen LogP contribution < -0.4 is 15.8 Å². The van der Waals surface area contributed by atoms with Crippen molar-refractivity contribution in [1.82, 2.24) is 19.8 Å². The van der Waals surface area contributed by atoms with Crippen LogP contribution in [-0.4, -0.2) is 66.1 Å². The fourth-order valence-electron chi connectivity index (χ4n) is 4.67. The molecule has 0 radical (unpaired) electrons. The number of piperazine rings is 1. The van der Waals surface area contributed by atoms with Crippen molar-refractivity contribution >= 4 is 23.2 Å². The van der Waals surface area contributed by atoms with E-state index in [0.717, 1.165) is 43.9 Å². The number of imidazole rings is 1. The Morgan fingerprint density at radius 3 is 2.69 bits per heavy atom. The first-order valence-corrected chi connectivity index (χ1v) is 12.9. The molecule has 3 N–H and O–H groups in total. The quantitative estimate of drug-likeness (QED) is 0.438. The molecule has 3 atom stereocenters. The van der Waals surface area contributed by atoms with Gasteiger partial charge in [-0.15, -0.1) is 0 Å². The van der Waals surface area contributed by atoms with E-state index in [4.69, 9.17) is 43.1 Å². The molecular weight excluding hydrogens is 501 g/mol.